The lowest BCUT2D eigenvalue weighted by molar-refractivity contribution is -0.274. The van der Waals surface area contributed by atoms with Gasteiger partial charge in [0, 0.05) is 19.7 Å². The minimum absolute atomic E-state index is 0.129. The van der Waals surface area contributed by atoms with Gasteiger partial charge < -0.3 is 9.64 Å². The van der Waals surface area contributed by atoms with Crippen LogP contribution in [0.5, 0.6) is 5.75 Å². The maximum absolute atomic E-state index is 12.1. The Bertz CT molecular complexity index is 388. The summed E-state index contributed by atoms with van der Waals surface area (Å²) in [5.74, 6) is -0.387. The quantitative estimate of drug-likeness (QED) is 0.751. The van der Waals surface area contributed by atoms with Gasteiger partial charge in [-0.15, -0.1) is 13.2 Å². The second-order valence-electron chi connectivity index (χ2n) is 3.29. The van der Waals surface area contributed by atoms with Crippen molar-refractivity contribution in [3.8, 4) is 5.75 Å². The van der Waals surface area contributed by atoms with Crippen LogP contribution in [0.4, 0.5) is 18.9 Å². The lowest BCUT2D eigenvalue weighted by atomic mass is 10.2. The molecular weight excluding hydrogens is 223 g/mol. The van der Waals surface area contributed by atoms with E-state index in [1.807, 2.05) is 0 Å². The van der Waals surface area contributed by atoms with Gasteiger partial charge in [-0.1, -0.05) is 0 Å². The van der Waals surface area contributed by atoms with Crippen LogP contribution in [-0.4, -0.2) is 26.7 Å². The van der Waals surface area contributed by atoms with Crippen molar-refractivity contribution < 1.29 is 22.7 Å². The fraction of sp³-hybridized carbons (Fsp3) is 0.300. The van der Waals surface area contributed by atoms with Gasteiger partial charge in [-0.25, -0.2) is 0 Å². The molecule has 3 nitrogen and oxygen atoms in total. The summed E-state index contributed by atoms with van der Waals surface area (Å²) < 4.78 is 40.1. The molecule has 0 aromatic heterocycles. The minimum Gasteiger partial charge on any atom is -0.404 e. The first-order valence-electron chi connectivity index (χ1n) is 4.36. The van der Waals surface area contributed by atoms with Gasteiger partial charge in [0.1, 0.15) is 6.29 Å². The number of hydrogen-bond acceptors (Lipinski definition) is 3. The fourth-order valence-electron chi connectivity index (χ4n) is 1.18. The number of ether oxygens (including phenoxy) is 1. The molecule has 0 aliphatic rings. The molecule has 1 aromatic carbocycles. The van der Waals surface area contributed by atoms with Gasteiger partial charge in [-0.2, -0.15) is 0 Å². The van der Waals surface area contributed by atoms with E-state index in [0.29, 0.717) is 6.29 Å². The third-order valence-corrected chi connectivity index (χ3v) is 1.83. The van der Waals surface area contributed by atoms with Crippen molar-refractivity contribution in [1.82, 2.24) is 0 Å². The zero-order chi connectivity index (χ0) is 12.3. The molecule has 0 saturated carbocycles. The highest BCUT2D eigenvalue weighted by Crippen LogP contribution is 2.32. The van der Waals surface area contributed by atoms with E-state index in [9.17, 15) is 18.0 Å². The predicted molar refractivity (Wildman–Crippen MR) is 52.8 cm³/mol. The number of hydrogen-bond donors (Lipinski definition) is 0. The topological polar surface area (TPSA) is 29.5 Å². The van der Waals surface area contributed by atoms with E-state index >= 15 is 0 Å². The van der Waals surface area contributed by atoms with Crippen molar-refractivity contribution in [2.45, 2.75) is 6.36 Å². The lowest BCUT2D eigenvalue weighted by Gasteiger charge is -2.18. The molecule has 0 bridgehead atoms. The predicted octanol–water partition coefficient (Wildman–Crippen LogP) is 2.46. The van der Waals surface area contributed by atoms with Crippen LogP contribution in [0.25, 0.3) is 0 Å². The molecule has 88 valence electrons. The number of nitrogens with zero attached hydrogens (tertiary/aromatic N) is 1. The Balaban J connectivity index is 3.15. The van der Waals surface area contributed by atoms with Crippen molar-refractivity contribution >= 4 is 12.0 Å². The van der Waals surface area contributed by atoms with E-state index in [1.165, 1.54) is 17.0 Å². The summed E-state index contributed by atoms with van der Waals surface area (Å²) in [5, 5.41) is 0. The van der Waals surface area contributed by atoms with Crippen LogP contribution >= 0.6 is 0 Å². The van der Waals surface area contributed by atoms with Crippen molar-refractivity contribution in [2.75, 3.05) is 19.0 Å². The third kappa shape index (κ3) is 3.15. The highest BCUT2D eigenvalue weighted by Gasteiger charge is 2.32. The smallest absolute Gasteiger partial charge is 0.404 e. The number of anilines is 1. The van der Waals surface area contributed by atoms with Gasteiger partial charge in [-0.05, 0) is 18.2 Å². The largest absolute Gasteiger partial charge is 0.573 e. The molecule has 0 aliphatic carbocycles. The normalized spacial score (nSPS) is 11.1. The maximum atomic E-state index is 12.1. The second-order valence-corrected chi connectivity index (χ2v) is 3.29. The van der Waals surface area contributed by atoms with Crippen LogP contribution in [0.2, 0.25) is 0 Å². The van der Waals surface area contributed by atoms with Crippen LogP contribution in [0.15, 0.2) is 18.2 Å². The number of halogens is 3. The lowest BCUT2D eigenvalue weighted by Crippen LogP contribution is -2.20. The summed E-state index contributed by atoms with van der Waals surface area (Å²) in [6.07, 6.45) is -4.31. The summed E-state index contributed by atoms with van der Waals surface area (Å²) >= 11 is 0. The number of rotatable bonds is 3. The molecule has 0 aliphatic heterocycles. The van der Waals surface area contributed by atoms with Crippen molar-refractivity contribution in [1.29, 1.82) is 0 Å². The molecule has 0 unspecified atom stereocenters. The Kier molecular flexibility index (Phi) is 3.41. The molecule has 0 spiro atoms. The second kappa shape index (κ2) is 4.42. The van der Waals surface area contributed by atoms with E-state index < -0.39 is 6.36 Å². The fourth-order valence-corrected chi connectivity index (χ4v) is 1.18. The zero-order valence-electron chi connectivity index (χ0n) is 8.71. The number of benzene rings is 1. The maximum Gasteiger partial charge on any atom is 0.573 e. The van der Waals surface area contributed by atoms with Gasteiger partial charge in [0.15, 0.2) is 5.75 Å². The minimum atomic E-state index is -4.77. The average Bonchev–Trinajstić information content (AvgIpc) is 2.14. The van der Waals surface area contributed by atoms with E-state index in [4.69, 9.17) is 0 Å². The molecule has 0 fully saturated rings. The molecule has 1 aromatic rings. The monoisotopic (exact) mass is 233 g/mol. The van der Waals surface area contributed by atoms with E-state index in [2.05, 4.69) is 4.74 Å². The van der Waals surface area contributed by atoms with Crippen LogP contribution in [0.3, 0.4) is 0 Å². The van der Waals surface area contributed by atoms with Crippen molar-refractivity contribution in [2.24, 2.45) is 0 Å². The highest BCUT2D eigenvalue weighted by atomic mass is 19.4. The summed E-state index contributed by atoms with van der Waals surface area (Å²) in [4.78, 5) is 11.9. The van der Waals surface area contributed by atoms with Gasteiger partial charge >= 0.3 is 6.36 Å². The number of aldehydes is 1. The number of alkyl halides is 3. The van der Waals surface area contributed by atoms with Gasteiger partial charge in [0.05, 0.1) is 5.69 Å². The number of carbonyl (C=O) groups excluding carboxylic acids is 1. The van der Waals surface area contributed by atoms with Gasteiger partial charge in [-0.3, -0.25) is 4.79 Å². The summed E-state index contributed by atoms with van der Waals surface area (Å²) in [7, 11) is 3.16. The Morgan fingerprint density at radius 2 is 1.94 bits per heavy atom. The van der Waals surface area contributed by atoms with Crippen LogP contribution in [0.1, 0.15) is 10.4 Å². The van der Waals surface area contributed by atoms with E-state index in [0.717, 1.165) is 6.07 Å². The van der Waals surface area contributed by atoms with Crippen LogP contribution in [-0.2, 0) is 0 Å². The average molecular weight is 233 g/mol. The first-order chi connectivity index (χ1) is 7.33. The van der Waals surface area contributed by atoms with Gasteiger partial charge in [0.25, 0.3) is 0 Å². The zero-order valence-corrected chi connectivity index (χ0v) is 8.71. The van der Waals surface area contributed by atoms with E-state index in [-0.39, 0.29) is 17.0 Å². The number of carbonyl (C=O) groups is 1. The van der Waals surface area contributed by atoms with Crippen LogP contribution < -0.4 is 9.64 Å². The van der Waals surface area contributed by atoms with Crippen molar-refractivity contribution in [3.63, 3.8) is 0 Å². The standard InChI is InChI=1S/C10H10F3NO2/c1-14(2)8-4-3-7(6-15)5-9(8)16-10(11,12)13/h3-6H,1-2H3. The molecule has 0 amide bonds. The molecular formula is C10H10F3NO2. The molecule has 0 saturated heterocycles. The third-order valence-electron chi connectivity index (χ3n) is 1.83. The Labute approximate surface area is 90.4 Å². The molecule has 0 atom stereocenters. The molecule has 0 radical (unpaired) electrons. The first-order valence-corrected chi connectivity index (χ1v) is 4.36. The highest BCUT2D eigenvalue weighted by molar-refractivity contribution is 5.78. The Morgan fingerprint density at radius 3 is 2.38 bits per heavy atom. The molecule has 0 N–H and O–H groups in total. The molecule has 1 rings (SSSR count). The van der Waals surface area contributed by atoms with E-state index in [1.54, 1.807) is 14.1 Å². The Hall–Kier alpha value is -1.72. The molecule has 6 heteroatoms. The summed E-state index contributed by atoms with van der Waals surface area (Å²) in [6, 6.07) is 3.87. The summed E-state index contributed by atoms with van der Waals surface area (Å²) in [6.45, 7) is 0. The van der Waals surface area contributed by atoms with Crippen molar-refractivity contribution in [3.05, 3.63) is 23.8 Å². The molecule has 0 heterocycles. The van der Waals surface area contributed by atoms with Crippen LogP contribution in [0, 0.1) is 0 Å². The van der Waals surface area contributed by atoms with Gasteiger partial charge in [0.2, 0.25) is 0 Å². The first kappa shape index (κ1) is 12.4. The molecule has 16 heavy (non-hydrogen) atoms. The SMILES string of the molecule is CN(C)c1ccc(C=O)cc1OC(F)(F)F. The summed E-state index contributed by atoms with van der Waals surface area (Å²) in [5.41, 5.74) is 0.382. The Morgan fingerprint density at radius 1 is 1.31 bits per heavy atom.